The normalized spacial score (nSPS) is 17.9. The number of esters is 1. The molecule has 2 amide bonds. The minimum Gasteiger partial charge on any atom is -0.466 e. The van der Waals surface area contributed by atoms with Gasteiger partial charge in [0.25, 0.3) is 5.91 Å². The van der Waals surface area contributed by atoms with Crippen LogP contribution in [0.25, 0.3) is 16.7 Å². The predicted molar refractivity (Wildman–Crippen MR) is 127 cm³/mol. The number of hydrogen-bond donors (Lipinski definition) is 1. The molecule has 16 heteroatoms. The van der Waals surface area contributed by atoms with Crippen molar-refractivity contribution in [3.8, 4) is 5.69 Å². The number of benzene rings is 1. The minimum absolute atomic E-state index is 0.195. The zero-order valence-electron chi connectivity index (χ0n) is 20.8. The molecule has 2 atom stereocenters. The Balaban J connectivity index is 1.67. The van der Waals surface area contributed by atoms with Crippen LogP contribution in [0.3, 0.4) is 0 Å². The van der Waals surface area contributed by atoms with Gasteiger partial charge in [-0.15, -0.1) is 0 Å². The molecule has 2 aromatic heterocycles. The fraction of sp³-hybridized carbons (Fsp3) is 0.320. The first-order valence-corrected chi connectivity index (χ1v) is 11.9. The second-order valence-corrected chi connectivity index (χ2v) is 9.34. The number of nitrogens with one attached hydrogen (secondary N) is 1. The Morgan fingerprint density at radius 1 is 1.12 bits per heavy atom. The summed E-state index contributed by atoms with van der Waals surface area (Å²) in [7, 11) is 1.06. The van der Waals surface area contributed by atoms with Crippen molar-refractivity contribution in [2.45, 2.75) is 31.2 Å². The number of carbonyl (C=O) groups excluding carboxylic acids is 3. The summed E-state index contributed by atoms with van der Waals surface area (Å²) in [5, 5.41) is 1.31. The molecule has 10 nitrogen and oxygen atoms in total. The molecule has 41 heavy (non-hydrogen) atoms. The lowest BCUT2D eigenvalue weighted by molar-refractivity contribution is -0.158. The quantitative estimate of drug-likeness (QED) is 0.349. The van der Waals surface area contributed by atoms with Crippen molar-refractivity contribution in [1.29, 1.82) is 0 Å². The van der Waals surface area contributed by atoms with Gasteiger partial charge in [-0.3, -0.25) is 19.1 Å². The summed E-state index contributed by atoms with van der Waals surface area (Å²) in [6.45, 7) is -0.381. The highest BCUT2D eigenvalue weighted by Gasteiger charge is 2.50. The third-order valence-corrected chi connectivity index (χ3v) is 6.59. The number of alkyl halides is 3. The molecule has 1 saturated heterocycles. The summed E-state index contributed by atoms with van der Waals surface area (Å²) in [4.78, 5) is 55.4. The number of cyclic esters (lactones) is 1. The number of nitrogens with zero attached hydrogens (tertiary/aromatic N) is 3. The fourth-order valence-corrected chi connectivity index (χ4v) is 4.46. The molecule has 5 rings (SSSR count). The Hall–Kier alpha value is -4.63. The van der Waals surface area contributed by atoms with Crippen molar-refractivity contribution in [2.75, 3.05) is 18.6 Å². The number of halogens is 6. The fourth-order valence-electron chi connectivity index (χ4n) is 4.46. The molecule has 1 aromatic carbocycles. The first-order valence-electron chi connectivity index (χ1n) is 11.9. The van der Waals surface area contributed by atoms with Gasteiger partial charge in [0.1, 0.15) is 28.9 Å². The van der Waals surface area contributed by atoms with Gasteiger partial charge < -0.3 is 14.8 Å². The zero-order valence-corrected chi connectivity index (χ0v) is 20.8. The van der Waals surface area contributed by atoms with Crippen LogP contribution in [0.15, 0.2) is 35.3 Å². The maximum absolute atomic E-state index is 14.9. The third kappa shape index (κ3) is 5.16. The van der Waals surface area contributed by atoms with Gasteiger partial charge in [0, 0.05) is 18.3 Å². The smallest absolute Gasteiger partial charge is 0.416 e. The Labute approximate surface area is 225 Å². The van der Waals surface area contributed by atoms with E-state index in [1.54, 1.807) is 5.32 Å². The molecule has 3 aromatic rings. The monoisotopic (exact) mass is 584 g/mol. The molecular weight excluding hydrogens is 566 g/mol. The van der Waals surface area contributed by atoms with Crippen LogP contribution in [0.1, 0.15) is 23.2 Å². The lowest BCUT2D eigenvalue weighted by Crippen LogP contribution is -2.48. The molecule has 0 spiro atoms. The van der Waals surface area contributed by atoms with Crippen molar-refractivity contribution < 1.29 is 50.2 Å². The number of aromatic nitrogens is 2. The number of fused-ring (bicyclic) bond motifs is 1. The maximum atomic E-state index is 14.9. The number of carbonyl (C=O) groups is 3. The van der Waals surface area contributed by atoms with E-state index in [4.69, 9.17) is 4.74 Å². The summed E-state index contributed by atoms with van der Waals surface area (Å²) in [6.07, 6.45) is -6.24. The van der Waals surface area contributed by atoms with E-state index in [1.165, 1.54) is 0 Å². The molecule has 1 saturated carbocycles. The van der Waals surface area contributed by atoms with E-state index in [0.29, 0.717) is 22.9 Å². The van der Waals surface area contributed by atoms with Crippen LogP contribution < -0.4 is 15.6 Å². The molecule has 3 heterocycles. The van der Waals surface area contributed by atoms with Crippen LogP contribution in [0.5, 0.6) is 0 Å². The summed E-state index contributed by atoms with van der Waals surface area (Å²) >= 11 is 0. The van der Waals surface area contributed by atoms with Gasteiger partial charge in [0.05, 0.1) is 19.0 Å². The van der Waals surface area contributed by atoms with Gasteiger partial charge in [0.2, 0.25) is 11.5 Å². The number of methoxy groups -OCH3 is 1. The minimum atomic E-state index is -4.83. The maximum Gasteiger partial charge on any atom is 0.416 e. The van der Waals surface area contributed by atoms with Gasteiger partial charge in [-0.25, -0.2) is 27.7 Å². The first kappa shape index (κ1) is 27.9. The highest BCUT2D eigenvalue weighted by molar-refractivity contribution is 5.98. The van der Waals surface area contributed by atoms with E-state index >= 15 is 0 Å². The van der Waals surface area contributed by atoms with E-state index in [1.807, 2.05) is 0 Å². The first-order chi connectivity index (χ1) is 19.3. The van der Waals surface area contributed by atoms with E-state index in [0.717, 1.165) is 24.1 Å². The molecular formula is C25H18F6N4O6. The van der Waals surface area contributed by atoms with E-state index < -0.39 is 87.4 Å². The highest BCUT2D eigenvalue weighted by Crippen LogP contribution is 2.40. The molecule has 1 N–H and O–H groups in total. The number of ether oxygens (including phenoxy) is 2. The van der Waals surface area contributed by atoms with Crippen LogP contribution in [0, 0.1) is 23.4 Å². The zero-order chi connectivity index (χ0) is 29.8. The number of hydrogen-bond acceptors (Lipinski definition) is 7. The van der Waals surface area contributed by atoms with Crippen molar-refractivity contribution >= 4 is 34.8 Å². The van der Waals surface area contributed by atoms with E-state index in [2.05, 4.69) is 9.72 Å². The Morgan fingerprint density at radius 2 is 1.78 bits per heavy atom. The lowest BCUT2D eigenvalue weighted by Gasteiger charge is -2.22. The average Bonchev–Trinajstić information content (AvgIpc) is 3.66. The number of pyridine rings is 2. The number of amides is 2. The Kier molecular flexibility index (Phi) is 6.87. The van der Waals surface area contributed by atoms with Crippen molar-refractivity contribution in [2.24, 2.45) is 5.92 Å². The predicted octanol–water partition coefficient (Wildman–Crippen LogP) is 3.37. The molecule has 2 unspecified atom stereocenters. The lowest BCUT2D eigenvalue weighted by atomic mass is 10.1. The second kappa shape index (κ2) is 10.1. The third-order valence-electron chi connectivity index (χ3n) is 6.59. The average molecular weight is 584 g/mol. The summed E-state index contributed by atoms with van der Waals surface area (Å²) in [5.41, 5.74) is -3.60. The molecule has 0 radical (unpaired) electrons. The molecule has 2 fully saturated rings. The van der Waals surface area contributed by atoms with Crippen molar-refractivity contribution in [3.05, 3.63) is 63.7 Å². The van der Waals surface area contributed by atoms with E-state index in [9.17, 15) is 45.5 Å². The van der Waals surface area contributed by atoms with Gasteiger partial charge in [0.15, 0.2) is 17.3 Å². The second-order valence-electron chi connectivity index (χ2n) is 9.34. The number of rotatable bonds is 6. The van der Waals surface area contributed by atoms with Gasteiger partial charge in [-0.05, 0) is 30.9 Å². The summed E-state index contributed by atoms with van der Waals surface area (Å²) in [5.74, 6) is -7.79. The molecule has 1 aliphatic carbocycles. The molecule has 2 aliphatic rings. The number of anilines is 1. The van der Waals surface area contributed by atoms with Gasteiger partial charge in [-0.1, -0.05) is 0 Å². The summed E-state index contributed by atoms with van der Waals surface area (Å²) in [6, 6.07) is 0.460. The Bertz CT molecular complexity index is 1630. The SMILES string of the molecule is COC(=O)C1CN(c2ccc3c(=O)c(C(=O)NC(C4CC4)C(F)(F)F)cn(-c4c(F)cc(F)cc4F)c3n2)C(=O)O1. The van der Waals surface area contributed by atoms with E-state index in [-0.39, 0.29) is 25.2 Å². The molecule has 1 aliphatic heterocycles. The van der Waals surface area contributed by atoms with Gasteiger partial charge >= 0.3 is 18.2 Å². The van der Waals surface area contributed by atoms with Crippen LogP contribution in [0.4, 0.5) is 37.0 Å². The van der Waals surface area contributed by atoms with Crippen molar-refractivity contribution in [1.82, 2.24) is 14.9 Å². The van der Waals surface area contributed by atoms with Crippen molar-refractivity contribution in [3.63, 3.8) is 0 Å². The summed E-state index contributed by atoms with van der Waals surface area (Å²) < 4.78 is 94.1. The standard InChI is InChI=1S/C25H18F6N4O6/c1-40-23(38)16-9-34(24(39)41-16)17-5-4-12-19(36)13(22(37)33-20(10-2-3-10)25(29,30)31)8-35(21(12)32-17)18-14(27)6-11(26)7-15(18)28/h4-8,10,16,20H,2-3,9H2,1H3,(H,33,37). The van der Waals surface area contributed by atoms with Crippen LogP contribution in [0.2, 0.25) is 0 Å². The highest BCUT2D eigenvalue weighted by atomic mass is 19.4. The van der Waals surface area contributed by atoms with Crippen LogP contribution in [-0.4, -0.2) is 59.5 Å². The van der Waals surface area contributed by atoms with Crippen LogP contribution in [-0.2, 0) is 14.3 Å². The molecule has 0 bridgehead atoms. The molecule has 216 valence electrons. The topological polar surface area (TPSA) is 120 Å². The van der Waals surface area contributed by atoms with Gasteiger partial charge in [-0.2, -0.15) is 13.2 Å². The Morgan fingerprint density at radius 3 is 2.37 bits per heavy atom. The van der Waals surface area contributed by atoms with Crippen LogP contribution >= 0.6 is 0 Å². The largest absolute Gasteiger partial charge is 0.466 e.